The third-order valence-corrected chi connectivity index (χ3v) is 6.44. The zero-order valence-electron chi connectivity index (χ0n) is 23.4. The Bertz CT molecular complexity index is 1210. The molecule has 0 radical (unpaired) electrons. The van der Waals surface area contributed by atoms with Crippen LogP contribution in [0, 0.1) is 0 Å². The lowest BCUT2D eigenvalue weighted by Gasteiger charge is -2.31. The van der Waals surface area contributed by atoms with Crippen molar-refractivity contribution in [1.29, 1.82) is 0 Å². The number of rotatable bonds is 12. The van der Waals surface area contributed by atoms with E-state index in [-0.39, 0.29) is 31.4 Å². The summed E-state index contributed by atoms with van der Waals surface area (Å²) in [6.07, 6.45) is -0.556. The number of halogens is 2. The minimum Gasteiger partial charge on any atom is -0.494 e. The summed E-state index contributed by atoms with van der Waals surface area (Å²) in [5.74, 6) is -0.129. The van der Waals surface area contributed by atoms with Gasteiger partial charge >= 0.3 is 5.97 Å². The van der Waals surface area contributed by atoms with E-state index in [0.717, 1.165) is 0 Å². The number of amides is 1. The van der Waals surface area contributed by atoms with Crippen molar-refractivity contribution >= 4 is 41.0 Å². The molecule has 0 saturated carbocycles. The van der Waals surface area contributed by atoms with Crippen molar-refractivity contribution in [3.63, 3.8) is 0 Å². The van der Waals surface area contributed by atoms with Crippen LogP contribution in [0.25, 0.3) is 0 Å². The van der Waals surface area contributed by atoms with Crippen LogP contribution < -0.4 is 15.6 Å². The number of ether oxygens (including phenoxy) is 3. The summed E-state index contributed by atoms with van der Waals surface area (Å²) in [5.41, 5.74) is 4.51. The van der Waals surface area contributed by atoms with Gasteiger partial charge in [-0.15, -0.1) is 0 Å². The monoisotopic (exact) mass is 593 g/mol. The normalized spacial score (nSPS) is 18.7. The third kappa shape index (κ3) is 8.33. The van der Waals surface area contributed by atoms with Gasteiger partial charge in [0.2, 0.25) is 5.90 Å². The fourth-order valence-electron chi connectivity index (χ4n) is 4.06. The van der Waals surface area contributed by atoms with Crippen molar-refractivity contribution in [2.75, 3.05) is 13.2 Å². The summed E-state index contributed by atoms with van der Waals surface area (Å²) in [6, 6.07) is 11.9. The quantitative estimate of drug-likeness (QED) is 0.177. The number of aliphatic imine (C=N–C) groups is 1. The predicted octanol–water partition coefficient (Wildman–Crippen LogP) is 5.16. The van der Waals surface area contributed by atoms with Gasteiger partial charge in [-0.3, -0.25) is 15.0 Å². The van der Waals surface area contributed by atoms with Gasteiger partial charge in [-0.2, -0.15) is 0 Å². The Morgan fingerprint density at radius 2 is 1.85 bits per heavy atom. The van der Waals surface area contributed by atoms with Crippen LogP contribution >= 0.6 is 23.2 Å². The molecule has 0 aromatic heterocycles. The van der Waals surface area contributed by atoms with E-state index in [1.807, 2.05) is 13.8 Å². The minimum atomic E-state index is -1.57. The van der Waals surface area contributed by atoms with Crippen LogP contribution in [0.4, 0.5) is 0 Å². The first-order valence-electron chi connectivity index (χ1n) is 13.2. The van der Waals surface area contributed by atoms with Crippen molar-refractivity contribution < 1.29 is 28.9 Å². The Hall–Kier alpha value is -2.85. The number of benzene rings is 2. The molecule has 2 atom stereocenters. The number of aliphatic hydroxyl groups is 1. The molecule has 11 heteroatoms. The highest BCUT2D eigenvalue weighted by Gasteiger charge is 2.54. The van der Waals surface area contributed by atoms with E-state index in [4.69, 9.17) is 47.5 Å². The molecule has 0 saturated heterocycles. The Balaban J connectivity index is 2.05. The van der Waals surface area contributed by atoms with Gasteiger partial charge in [0.1, 0.15) is 11.4 Å². The minimum absolute atomic E-state index is 0.0109. The zero-order chi connectivity index (χ0) is 29.5. The Kier molecular flexibility index (Phi) is 10.8. The summed E-state index contributed by atoms with van der Waals surface area (Å²) in [5, 5.41) is 9.71. The van der Waals surface area contributed by atoms with Crippen LogP contribution in [0.15, 0.2) is 47.5 Å². The number of carbonyl (C=O) groups excluding carboxylic acids is 2. The van der Waals surface area contributed by atoms with E-state index >= 15 is 0 Å². The molecule has 9 nitrogen and oxygen atoms in total. The number of nitrogens with zero attached hydrogens (tertiary/aromatic N) is 1. The van der Waals surface area contributed by atoms with Crippen LogP contribution in [-0.2, 0) is 19.1 Å². The van der Waals surface area contributed by atoms with E-state index < -0.39 is 29.1 Å². The second kappa shape index (κ2) is 13.7. The van der Waals surface area contributed by atoms with Crippen molar-refractivity contribution in [2.24, 2.45) is 4.99 Å². The predicted molar refractivity (Wildman–Crippen MR) is 155 cm³/mol. The molecule has 2 aromatic rings. The molecular weight excluding hydrogens is 557 g/mol. The summed E-state index contributed by atoms with van der Waals surface area (Å²) in [4.78, 5) is 31.5. The summed E-state index contributed by atoms with van der Waals surface area (Å²) in [7, 11) is 0. The number of hydrogen-bond acceptors (Lipinski definition) is 8. The van der Waals surface area contributed by atoms with E-state index in [9.17, 15) is 9.59 Å². The molecule has 1 amide bonds. The molecule has 0 fully saturated rings. The van der Waals surface area contributed by atoms with Crippen LogP contribution in [0.2, 0.25) is 10.0 Å². The third-order valence-electron chi connectivity index (χ3n) is 5.88. The van der Waals surface area contributed by atoms with Gasteiger partial charge in [0.05, 0.1) is 6.61 Å². The maximum Gasteiger partial charge on any atom is 0.306 e. The molecule has 0 aliphatic carbocycles. The van der Waals surface area contributed by atoms with Gasteiger partial charge < -0.3 is 19.3 Å². The van der Waals surface area contributed by atoms with Gasteiger partial charge in [0, 0.05) is 46.7 Å². The topological polar surface area (TPSA) is 118 Å². The molecule has 0 bridgehead atoms. The average molecular weight is 595 g/mol. The van der Waals surface area contributed by atoms with Gasteiger partial charge in [-0.25, -0.2) is 10.4 Å². The lowest BCUT2D eigenvalue weighted by molar-refractivity contribution is -0.155. The summed E-state index contributed by atoms with van der Waals surface area (Å²) in [6.45, 7) is 9.52. The zero-order valence-corrected chi connectivity index (χ0v) is 24.9. The maximum atomic E-state index is 13.9. The number of esters is 1. The van der Waals surface area contributed by atoms with Crippen LogP contribution in [0.1, 0.15) is 71.1 Å². The number of carbonyl (C=O) groups is 2. The average Bonchev–Trinajstić information content (AvgIpc) is 3.26. The van der Waals surface area contributed by atoms with Crippen LogP contribution in [0.5, 0.6) is 5.75 Å². The van der Waals surface area contributed by atoms with E-state index in [1.165, 1.54) is 0 Å². The standard InChI is InChI=1S/C29H37Cl2N3O6/c1-18(2)33-34-27(37)29(14-13-24(36)40-28(3,4)5)25(22-12-9-20(30)17-23(22)31)39-26(32-29)19-7-10-21(11-8-19)38-16-6-15-35/h7-12,17-18,25,33,35H,6,13-16H2,1-5H3,(H,34,37)/t25-,29-/m0/s1. The second-order valence-electron chi connectivity index (χ2n) is 10.8. The lowest BCUT2D eigenvalue weighted by Crippen LogP contribution is -2.54. The van der Waals surface area contributed by atoms with Crippen molar-refractivity contribution in [1.82, 2.24) is 10.9 Å². The largest absolute Gasteiger partial charge is 0.494 e. The highest BCUT2D eigenvalue weighted by molar-refractivity contribution is 6.35. The highest BCUT2D eigenvalue weighted by Crippen LogP contribution is 2.45. The molecule has 1 heterocycles. The van der Waals surface area contributed by atoms with Gasteiger partial charge in [-0.1, -0.05) is 29.3 Å². The highest BCUT2D eigenvalue weighted by atomic mass is 35.5. The van der Waals surface area contributed by atoms with Crippen molar-refractivity contribution in [3.05, 3.63) is 63.6 Å². The Morgan fingerprint density at radius 3 is 2.45 bits per heavy atom. The smallest absolute Gasteiger partial charge is 0.306 e. The van der Waals surface area contributed by atoms with E-state index in [1.54, 1.807) is 63.2 Å². The summed E-state index contributed by atoms with van der Waals surface area (Å²) >= 11 is 12.8. The number of nitrogens with one attached hydrogen (secondary N) is 2. The maximum absolute atomic E-state index is 13.9. The molecule has 0 unspecified atom stereocenters. The molecule has 218 valence electrons. The van der Waals surface area contributed by atoms with Gasteiger partial charge in [0.25, 0.3) is 5.91 Å². The molecular formula is C29H37Cl2N3O6. The fourth-order valence-corrected chi connectivity index (χ4v) is 4.57. The first kappa shape index (κ1) is 31.7. The van der Waals surface area contributed by atoms with E-state index in [2.05, 4.69) is 10.9 Å². The van der Waals surface area contributed by atoms with Crippen LogP contribution in [0.3, 0.4) is 0 Å². The number of hydrogen-bond donors (Lipinski definition) is 3. The van der Waals surface area contributed by atoms with Crippen molar-refractivity contribution in [3.8, 4) is 5.75 Å². The molecule has 1 aliphatic rings. The van der Waals surface area contributed by atoms with Gasteiger partial charge in [0.15, 0.2) is 11.6 Å². The molecule has 1 aliphatic heterocycles. The first-order valence-corrected chi connectivity index (χ1v) is 13.9. The summed E-state index contributed by atoms with van der Waals surface area (Å²) < 4.78 is 17.5. The number of aliphatic hydroxyl groups excluding tert-OH is 1. The van der Waals surface area contributed by atoms with E-state index in [0.29, 0.717) is 39.9 Å². The van der Waals surface area contributed by atoms with Crippen LogP contribution in [-0.4, -0.2) is 53.3 Å². The van der Waals surface area contributed by atoms with Gasteiger partial charge in [-0.05, 0) is 77.4 Å². The Labute approximate surface area is 245 Å². The molecule has 2 aromatic carbocycles. The molecule has 3 rings (SSSR count). The van der Waals surface area contributed by atoms with Crippen molar-refractivity contribution in [2.45, 2.75) is 77.2 Å². The number of hydrazine groups is 1. The fraction of sp³-hybridized carbons (Fsp3) is 0.483. The molecule has 0 spiro atoms. The first-order chi connectivity index (χ1) is 18.8. The Morgan fingerprint density at radius 1 is 1.15 bits per heavy atom. The molecule has 40 heavy (non-hydrogen) atoms. The lowest BCUT2D eigenvalue weighted by atomic mass is 9.83. The second-order valence-corrected chi connectivity index (χ2v) is 11.6. The SMILES string of the molecule is CC(C)NNC(=O)[C@@]1(CCC(=O)OC(C)(C)C)N=C(c2ccc(OCCCO)cc2)O[C@H]1c1ccc(Cl)cc1Cl. The molecule has 3 N–H and O–H groups in total.